The van der Waals surface area contributed by atoms with Gasteiger partial charge in [0.25, 0.3) is 5.69 Å². The van der Waals surface area contributed by atoms with Crippen molar-refractivity contribution in [3.8, 4) is 11.5 Å². The highest BCUT2D eigenvalue weighted by Crippen LogP contribution is 2.27. The number of guanidine groups is 1. The molecule has 0 radical (unpaired) electrons. The first-order valence-electron chi connectivity index (χ1n) is 8.46. The van der Waals surface area contributed by atoms with Crippen molar-refractivity contribution >= 4 is 35.6 Å². The summed E-state index contributed by atoms with van der Waals surface area (Å²) in [4.78, 5) is 14.6. The second-order valence-corrected chi connectivity index (χ2v) is 5.72. The van der Waals surface area contributed by atoms with E-state index in [1.165, 1.54) is 6.07 Å². The summed E-state index contributed by atoms with van der Waals surface area (Å²) < 4.78 is 10.5. The molecule has 152 valence electrons. The summed E-state index contributed by atoms with van der Waals surface area (Å²) in [5.74, 6) is 2.02. The summed E-state index contributed by atoms with van der Waals surface area (Å²) in [5.41, 5.74) is 1.99. The first-order chi connectivity index (χ1) is 13.1. The molecule has 9 heteroatoms. The summed E-state index contributed by atoms with van der Waals surface area (Å²) in [6.07, 6.45) is 0.776. The van der Waals surface area contributed by atoms with Gasteiger partial charge in [-0.05, 0) is 29.7 Å². The van der Waals surface area contributed by atoms with Crippen LogP contribution in [0, 0.1) is 10.1 Å². The minimum Gasteiger partial charge on any atom is -0.493 e. The molecule has 2 N–H and O–H groups in total. The smallest absolute Gasteiger partial charge is 0.269 e. The van der Waals surface area contributed by atoms with Crippen molar-refractivity contribution in [2.75, 3.05) is 27.8 Å². The molecule has 0 unspecified atom stereocenters. The molecule has 2 aromatic carbocycles. The number of non-ortho nitro benzene ring substituents is 1. The van der Waals surface area contributed by atoms with Gasteiger partial charge in [-0.1, -0.05) is 18.2 Å². The first kappa shape index (κ1) is 23.5. The zero-order chi connectivity index (χ0) is 19.6. The van der Waals surface area contributed by atoms with Gasteiger partial charge in [0, 0.05) is 32.3 Å². The minimum atomic E-state index is -0.403. The Bertz CT molecular complexity index is 814. The maximum Gasteiger partial charge on any atom is 0.269 e. The number of nitrogens with one attached hydrogen (secondary N) is 2. The Kier molecular flexibility index (Phi) is 10.1. The largest absolute Gasteiger partial charge is 0.493 e. The van der Waals surface area contributed by atoms with E-state index in [9.17, 15) is 10.1 Å². The van der Waals surface area contributed by atoms with E-state index in [4.69, 9.17) is 9.47 Å². The molecule has 0 saturated heterocycles. The molecule has 0 bridgehead atoms. The van der Waals surface area contributed by atoms with Crippen LogP contribution >= 0.6 is 24.0 Å². The number of nitro groups is 1. The lowest BCUT2D eigenvalue weighted by Gasteiger charge is -2.13. The molecule has 0 aliphatic rings. The predicted molar refractivity (Wildman–Crippen MR) is 120 cm³/mol. The molecular formula is C19H25IN4O4. The average Bonchev–Trinajstić information content (AvgIpc) is 2.70. The topological polar surface area (TPSA) is 98.0 Å². The fourth-order valence-corrected chi connectivity index (χ4v) is 2.55. The molecule has 0 spiro atoms. The number of benzene rings is 2. The SMILES string of the molecule is CN=C(NCCc1ccc(OC)c(OC)c1)NCc1cccc([N+](=O)[O-])c1.I. The van der Waals surface area contributed by atoms with E-state index >= 15 is 0 Å². The maximum absolute atomic E-state index is 10.8. The molecule has 0 saturated carbocycles. The standard InChI is InChI=1S/C19H24N4O4.HI/c1-20-19(22-13-15-5-4-6-16(11-15)23(24)25)21-10-9-14-7-8-17(26-2)18(12-14)27-3;/h4-8,11-12H,9-10,13H2,1-3H3,(H2,20,21,22);1H. The Hall–Kier alpha value is -2.56. The van der Waals surface area contributed by atoms with Crippen molar-refractivity contribution in [1.82, 2.24) is 10.6 Å². The highest BCUT2D eigenvalue weighted by Gasteiger charge is 2.07. The third-order valence-corrected chi connectivity index (χ3v) is 3.96. The van der Waals surface area contributed by atoms with Gasteiger partial charge in [-0.3, -0.25) is 15.1 Å². The van der Waals surface area contributed by atoms with Crippen molar-refractivity contribution < 1.29 is 14.4 Å². The fraction of sp³-hybridized carbons (Fsp3) is 0.316. The van der Waals surface area contributed by atoms with E-state index < -0.39 is 4.92 Å². The number of rotatable bonds is 8. The Balaban J connectivity index is 0.00000392. The van der Waals surface area contributed by atoms with E-state index in [1.807, 2.05) is 24.3 Å². The lowest BCUT2D eigenvalue weighted by Crippen LogP contribution is -2.37. The molecule has 0 aliphatic heterocycles. The number of ether oxygens (including phenoxy) is 2. The average molecular weight is 500 g/mol. The van der Waals surface area contributed by atoms with E-state index in [2.05, 4.69) is 15.6 Å². The summed E-state index contributed by atoms with van der Waals surface area (Å²) in [5, 5.41) is 17.2. The monoisotopic (exact) mass is 500 g/mol. The Morgan fingerprint density at radius 2 is 1.82 bits per heavy atom. The molecule has 2 aromatic rings. The first-order valence-corrected chi connectivity index (χ1v) is 8.46. The zero-order valence-corrected chi connectivity index (χ0v) is 18.4. The number of nitrogens with zero attached hydrogens (tertiary/aromatic N) is 2. The number of methoxy groups -OCH3 is 2. The molecule has 2 rings (SSSR count). The number of nitro benzene ring substituents is 1. The van der Waals surface area contributed by atoms with Crippen LogP contribution in [0.4, 0.5) is 5.69 Å². The van der Waals surface area contributed by atoms with Crippen LogP contribution in [0.3, 0.4) is 0 Å². The van der Waals surface area contributed by atoms with Gasteiger partial charge in [0.2, 0.25) is 0 Å². The maximum atomic E-state index is 10.8. The second-order valence-electron chi connectivity index (χ2n) is 5.72. The van der Waals surface area contributed by atoms with Crippen LogP contribution in [-0.4, -0.2) is 38.7 Å². The van der Waals surface area contributed by atoms with E-state index in [0.29, 0.717) is 30.5 Å². The minimum absolute atomic E-state index is 0. The van der Waals surface area contributed by atoms with Crippen molar-refractivity contribution in [1.29, 1.82) is 0 Å². The van der Waals surface area contributed by atoms with E-state index in [0.717, 1.165) is 17.5 Å². The van der Waals surface area contributed by atoms with Crippen molar-refractivity contribution in [2.24, 2.45) is 4.99 Å². The number of hydrogen-bond donors (Lipinski definition) is 2. The third kappa shape index (κ3) is 6.87. The normalized spacial score (nSPS) is 10.6. The molecule has 8 nitrogen and oxygen atoms in total. The molecule has 0 fully saturated rings. The van der Waals surface area contributed by atoms with E-state index in [-0.39, 0.29) is 29.7 Å². The lowest BCUT2D eigenvalue weighted by molar-refractivity contribution is -0.384. The van der Waals surface area contributed by atoms with E-state index in [1.54, 1.807) is 33.4 Å². The van der Waals surface area contributed by atoms with Crippen LogP contribution in [0.5, 0.6) is 11.5 Å². The Labute approximate surface area is 181 Å². The predicted octanol–water partition coefficient (Wildman–Crippen LogP) is 3.14. The van der Waals surface area contributed by atoms with Gasteiger partial charge >= 0.3 is 0 Å². The van der Waals surface area contributed by atoms with Crippen LogP contribution < -0.4 is 20.1 Å². The number of hydrogen-bond acceptors (Lipinski definition) is 5. The molecule has 0 amide bonds. The van der Waals surface area contributed by atoms with Gasteiger partial charge in [-0.2, -0.15) is 0 Å². The van der Waals surface area contributed by atoms with Gasteiger partial charge in [-0.25, -0.2) is 0 Å². The molecule has 0 atom stereocenters. The third-order valence-electron chi connectivity index (χ3n) is 3.96. The highest BCUT2D eigenvalue weighted by molar-refractivity contribution is 14.0. The van der Waals surface area contributed by atoms with Crippen LogP contribution in [0.15, 0.2) is 47.5 Å². The summed E-state index contributed by atoms with van der Waals surface area (Å²) in [6, 6.07) is 12.3. The van der Waals surface area contributed by atoms with Crippen molar-refractivity contribution in [2.45, 2.75) is 13.0 Å². The van der Waals surface area contributed by atoms with Crippen LogP contribution in [0.1, 0.15) is 11.1 Å². The molecule has 0 heterocycles. The highest BCUT2D eigenvalue weighted by atomic mass is 127. The van der Waals surface area contributed by atoms with Gasteiger partial charge < -0.3 is 20.1 Å². The fourth-order valence-electron chi connectivity index (χ4n) is 2.55. The van der Waals surface area contributed by atoms with Gasteiger partial charge in [0.15, 0.2) is 17.5 Å². The lowest BCUT2D eigenvalue weighted by atomic mass is 10.1. The zero-order valence-electron chi connectivity index (χ0n) is 16.1. The number of halogens is 1. The van der Waals surface area contributed by atoms with Crippen molar-refractivity contribution in [3.05, 3.63) is 63.7 Å². The molecule has 0 aromatic heterocycles. The van der Waals surface area contributed by atoms with Gasteiger partial charge in [0.05, 0.1) is 19.1 Å². The Morgan fingerprint density at radius 3 is 2.46 bits per heavy atom. The number of aliphatic imine (C=N–C) groups is 1. The van der Waals surface area contributed by atoms with Crippen LogP contribution in [0.2, 0.25) is 0 Å². The van der Waals surface area contributed by atoms with Crippen LogP contribution in [-0.2, 0) is 13.0 Å². The quantitative estimate of drug-likeness (QED) is 0.190. The van der Waals surface area contributed by atoms with Crippen LogP contribution in [0.25, 0.3) is 0 Å². The summed E-state index contributed by atoms with van der Waals surface area (Å²) in [6.45, 7) is 1.11. The van der Waals surface area contributed by atoms with Gasteiger partial charge in [-0.15, -0.1) is 24.0 Å². The molecular weight excluding hydrogens is 475 g/mol. The van der Waals surface area contributed by atoms with Gasteiger partial charge in [0.1, 0.15) is 0 Å². The summed E-state index contributed by atoms with van der Waals surface area (Å²) in [7, 11) is 4.90. The molecule has 0 aliphatic carbocycles. The second kappa shape index (κ2) is 12.0. The molecule has 28 heavy (non-hydrogen) atoms. The Morgan fingerprint density at radius 1 is 1.07 bits per heavy atom. The summed E-state index contributed by atoms with van der Waals surface area (Å²) >= 11 is 0. The van der Waals surface area contributed by atoms with Crippen molar-refractivity contribution in [3.63, 3.8) is 0 Å².